The number of benzene rings is 2. The van der Waals surface area contributed by atoms with Gasteiger partial charge < -0.3 is 52.7 Å². The first-order chi connectivity index (χ1) is 32.3. The summed E-state index contributed by atoms with van der Waals surface area (Å²) in [6, 6.07) is 10.3. The van der Waals surface area contributed by atoms with Gasteiger partial charge in [0.05, 0.1) is 82.6 Å². The second kappa shape index (κ2) is 27.2. The van der Waals surface area contributed by atoms with Crippen LogP contribution in [0.3, 0.4) is 0 Å². The Labute approximate surface area is 384 Å². The molecular formula is C36H47N8O21P3. The standard InChI is InChI=1S/C36H47N8O21P3/c1-2-9-56-10-11-57-12-13-58-14-15-59-21-24-7-8-29(26(16-24)19-40-43-38)34(46)60-22-27-20-44(36(48)41-33(27)45)32-17-30(63-35(47)28-6-4-3-5-25(28)18-39-42-37)31(62-32)23-61-67(52,53)65-68(54,55)64-66(49,50)51/h3-8,16,20,30-32H,2,9-15,17-19,21-23H2,1H3,(H,52,53)(H,54,55)(H,41,45,48)(H2,49,50,51)/t30?,31-,32-/m1/s1. The number of H-pyrrole nitrogens is 1. The van der Waals surface area contributed by atoms with Gasteiger partial charge in [0.2, 0.25) is 0 Å². The minimum absolute atomic E-state index is 0.0297. The molecule has 0 bridgehead atoms. The lowest BCUT2D eigenvalue weighted by Gasteiger charge is -2.21. The molecule has 3 aromatic rings. The molecule has 0 amide bonds. The number of aromatic amines is 1. The number of ether oxygens (including phenoxy) is 7. The molecule has 32 heteroatoms. The predicted octanol–water partition coefficient (Wildman–Crippen LogP) is 4.35. The first kappa shape index (κ1) is 55.5. The summed E-state index contributed by atoms with van der Waals surface area (Å²) >= 11 is 0. The molecule has 0 spiro atoms. The molecule has 1 fully saturated rings. The molecule has 0 aliphatic carbocycles. The Balaban J connectivity index is 1.46. The van der Waals surface area contributed by atoms with Crippen molar-refractivity contribution in [3.8, 4) is 0 Å². The number of phosphoric ester groups is 1. The van der Waals surface area contributed by atoms with Crippen LogP contribution in [-0.2, 0) is 86.3 Å². The SMILES string of the molecule is CCCOCCOCCOCCOCc1ccc(C(=O)OCc2cn([C@H]3CC(OC(=O)c4ccccc4CN=[N+]=[N-])[C@@H](COP(=O)(O)OP(=O)(O)OP(=O)(O)O)O3)c(=O)[nH]c2=O)c(CN=[N+]=[N-])c1. The van der Waals surface area contributed by atoms with Crippen LogP contribution in [0.15, 0.2) is 68.5 Å². The van der Waals surface area contributed by atoms with E-state index in [1.807, 2.05) is 11.9 Å². The van der Waals surface area contributed by atoms with Gasteiger partial charge in [-0.25, -0.2) is 28.1 Å². The van der Waals surface area contributed by atoms with Crippen molar-refractivity contribution in [2.24, 2.45) is 10.2 Å². The van der Waals surface area contributed by atoms with Crippen molar-refractivity contribution < 1.29 is 89.2 Å². The number of nitrogens with one attached hydrogen (secondary N) is 1. The Morgan fingerprint density at radius 1 is 0.794 bits per heavy atom. The fourth-order valence-electron chi connectivity index (χ4n) is 6.02. The number of azide groups is 2. The smallest absolute Gasteiger partial charge is 0.457 e. The van der Waals surface area contributed by atoms with Gasteiger partial charge in [-0.2, -0.15) is 8.62 Å². The molecule has 3 unspecified atom stereocenters. The van der Waals surface area contributed by atoms with E-state index < -0.39 is 84.7 Å². The quantitative estimate of drug-likeness (QED) is 0.0155. The summed E-state index contributed by atoms with van der Waals surface area (Å²) in [5, 5.41) is 6.97. The maximum absolute atomic E-state index is 13.4. The van der Waals surface area contributed by atoms with Crippen LogP contribution < -0.4 is 11.2 Å². The Hall–Kier alpha value is -5.11. The van der Waals surface area contributed by atoms with E-state index in [2.05, 4.69) is 28.7 Å². The molecule has 68 heavy (non-hydrogen) atoms. The van der Waals surface area contributed by atoms with E-state index in [-0.39, 0.29) is 60.7 Å². The third-order valence-corrected chi connectivity index (χ3v) is 12.7. The molecule has 1 aliphatic rings. The molecule has 2 aromatic carbocycles. The fraction of sp³-hybridized carbons (Fsp3) is 0.500. The summed E-state index contributed by atoms with van der Waals surface area (Å²) in [7, 11) is -17.4. The highest BCUT2D eigenvalue weighted by Gasteiger charge is 2.44. The average Bonchev–Trinajstić information content (AvgIpc) is 3.67. The number of hydrogen-bond acceptors (Lipinski definition) is 19. The third-order valence-electron chi connectivity index (χ3n) is 8.94. The van der Waals surface area contributed by atoms with Crippen molar-refractivity contribution in [1.82, 2.24) is 9.55 Å². The number of esters is 2. The van der Waals surface area contributed by atoms with Crippen LogP contribution >= 0.6 is 23.5 Å². The second-order valence-corrected chi connectivity index (χ2v) is 18.3. The lowest BCUT2D eigenvalue weighted by molar-refractivity contribution is -0.0513. The van der Waals surface area contributed by atoms with Crippen LogP contribution in [-0.4, -0.2) is 106 Å². The van der Waals surface area contributed by atoms with Gasteiger partial charge >= 0.3 is 41.1 Å². The summed E-state index contributed by atoms with van der Waals surface area (Å²) in [4.78, 5) is 97.6. The van der Waals surface area contributed by atoms with E-state index in [1.165, 1.54) is 30.3 Å². The van der Waals surface area contributed by atoms with E-state index in [9.17, 15) is 42.7 Å². The minimum Gasteiger partial charge on any atom is -0.457 e. The summed E-state index contributed by atoms with van der Waals surface area (Å²) in [6.07, 6.45) is -3.16. The molecule has 0 radical (unpaired) electrons. The van der Waals surface area contributed by atoms with Gasteiger partial charge in [-0.15, -0.1) is 0 Å². The zero-order valence-corrected chi connectivity index (χ0v) is 38.6. The monoisotopic (exact) mass is 1020 g/mol. The van der Waals surface area contributed by atoms with Crippen molar-refractivity contribution in [3.05, 3.63) is 124 Å². The van der Waals surface area contributed by atoms with Crippen molar-refractivity contribution in [2.75, 3.05) is 52.9 Å². The molecule has 29 nitrogen and oxygen atoms in total. The third kappa shape index (κ3) is 18.8. The van der Waals surface area contributed by atoms with E-state index in [4.69, 9.17) is 58.5 Å². The van der Waals surface area contributed by atoms with Gasteiger partial charge in [0.25, 0.3) is 5.56 Å². The highest BCUT2D eigenvalue weighted by atomic mass is 31.3. The van der Waals surface area contributed by atoms with Crippen molar-refractivity contribution >= 4 is 35.4 Å². The Morgan fingerprint density at radius 2 is 1.41 bits per heavy atom. The van der Waals surface area contributed by atoms with Gasteiger partial charge in [-0.3, -0.25) is 18.9 Å². The first-order valence-electron chi connectivity index (χ1n) is 20.0. The maximum atomic E-state index is 13.4. The maximum Gasteiger partial charge on any atom is 0.490 e. The predicted molar refractivity (Wildman–Crippen MR) is 229 cm³/mol. The van der Waals surface area contributed by atoms with E-state index in [1.54, 1.807) is 12.1 Å². The Morgan fingerprint density at radius 3 is 2.06 bits per heavy atom. The van der Waals surface area contributed by atoms with Gasteiger partial charge in [0, 0.05) is 29.0 Å². The molecule has 372 valence electrons. The average molecular weight is 1020 g/mol. The van der Waals surface area contributed by atoms with Crippen molar-refractivity contribution in [2.45, 2.75) is 64.5 Å². The van der Waals surface area contributed by atoms with E-state index in [0.29, 0.717) is 38.6 Å². The van der Waals surface area contributed by atoms with Crippen LogP contribution in [0.4, 0.5) is 0 Å². The minimum atomic E-state index is -5.93. The highest BCUT2D eigenvalue weighted by Crippen LogP contribution is 2.66. The van der Waals surface area contributed by atoms with Crippen molar-refractivity contribution in [3.63, 3.8) is 0 Å². The zero-order valence-electron chi connectivity index (χ0n) is 36.0. The van der Waals surface area contributed by atoms with Gasteiger partial charge in [0.15, 0.2) is 0 Å². The molecule has 5 N–H and O–H groups in total. The van der Waals surface area contributed by atoms with Gasteiger partial charge in [0.1, 0.15) is 25.0 Å². The number of rotatable bonds is 30. The topological polar surface area (TPSA) is 411 Å². The van der Waals surface area contributed by atoms with Crippen molar-refractivity contribution in [1.29, 1.82) is 0 Å². The zero-order chi connectivity index (χ0) is 49.7. The Kier molecular flexibility index (Phi) is 22.2. The molecule has 2 heterocycles. The molecule has 1 aromatic heterocycles. The summed E-state index contributed by atoms with van der Waals surface area (Å²) in [5.74, 6) is -2.00. The number of aromatic nitrogens is 2. The molecule has 4 rings (SSSR count). The molecule has 1 aliphatic heterocycles. The van der Waals surface area contributed by atoms with Crippen LogP contribution in [0.5, 0.6) is 0 Å². The van der Waals surface area contributed by atoms with Crippen LogP contribution in [0.1, 0.15) is 69.0 Å². The van der Waals surface area contributed by atoms with E-state index >= 15 is 0 Å². The summed E-state index contributed by atoms with van der Waals surface area (Å²) in [6.45, 7) is 2.62. The van der Waals surface area contributed by atoms with Crippen LogP contribution in [0.2, 0.25) is 0 Å². The second-order valence-electron chi connectivity index (χ2n) is 13.9. The number of hydrogen-bond donors (Lipinski definition) is 5. The number of phosphoric acid groups is 3. The van der Waals surface area contributed by atoms with Gasteiger partial charge in [-0.1, -0.05) is 47.5 Å². The van der Waals surface area contributed by atoms with Crippen LogP contribution in [0, 0.1) is 0 Å². The van der Waals surface area contributed by atoms with Gasteiger partial charge in [-0.05, 0) is 46.3 Å². The highest BCUT2D eigenvalue weighted by molar-refractivity contribution is 7.66. The van der Waals surface area contributed by atoms with E-state index in [0.717, 1.165) is 17.2 Å². The summed E-state index contributed by atoms with van der Waals surface area (Å²) < 4.78 is 87.3. The number of nitrogens with zero attached hydrogens (tertiary/aromatic N) is 7. The molecule has 0 saturated carbocycles. The molecule has 5 atom stereocenters. The first-order valence-corrected chi connectivity index (χ1v) is 24.6. The molecule has 1 saturated heterocycles. The number of carbonyl (C=O) groups excluding carboxylic acids is 2. The number of carbonyl (C=O) groups is 2. The van der Waals surface area contributed by atoms with Crippen LogP contribution in [0.25, 0.3) is 20.9 Å². The molecular weight excluding hydrogens is 973 g/mol. The largest absolute Gasteiger partial charge is 0.490 e. The fourth-order valence-corrected chi connectivity index (χ4v) is 9.05. The lowest BCUT2D eigenvalue weighted by atomic mass is 10.0. The lowest BCUT2D eigenvalue weighted by Crippen LogP contribution is -2.34. The Bertz CT molecular complexity index is 2560. The summed E-state index contributed by atoms with van der Waals surface area (Å²) in [5.41, 5.74) is 16.3. The normalized spacial score (nSPS) is 17.6.